The third-order valence-electron chi connectivity index (χ3n) is 3.49. The molecule has 96 valence electrons. The Morgan fingerprint density at radius 3 is 2.79 bits per heavy atom. The number of nitrogens with zero attached hydrogens (tertiary/aromatic N) is 2. The third-order valence-corrected chi connectivity index (χ3v) is 3.49. The van der Waals surface area contributed by atoms with Crippen LogP contribution in [0.15, 0.2) is 54.9 Å². The topological polar surface area (TPSA) is 37.5 Å². The number of hydrogen-bond acceptors (Lipinski definition) is 2. The van der Waals surface area contributed by atoms with Crippen LogP contribution in [-0.2, 0) is 6.42 Å². The molecule has 0 fully saturated rings. The van der Waals surface area contributed by atoms with E-state index in [1.165, 1.54) is 11.1 Å². The largest absolute Gasteiger partial charge is 0.388 e. The van der Waals surface area contributed by atoms with Crippen LogP contribution in [0.3, 0.4) is 0 Å². The van der Waals surface area contributed by atoms with Gasteiger partial charge in [0.05, 0.1) is 17.8 Å². The van der Waals surface area contributed by atoms with Gasteiger partial charge in [-0.05, 0) is 30.2 Å². The zero-order valence-corrected chi connectivity index (χ0v) is 10.8. The van der Waals surface area contributed by atoms with E-state index in [1.807, 2.05) is 36.5 Å². The molecule has 0 radical (unpaired) electrons. The van der Waals surface area contributed by atoms with E-state index in [4.69, 9.17) is 0 Å². The Hall–Kier alpha value is -2.13. The molecule has 19 heavy (non-hydrogen) atoms. The lowest BCUT2D eigenvalue weighted by Gasteiger charge is -2.11. The molecule has 1 N–H and O–H groups in total. The van der Waals surface area contributed by atoms with Gasteiger partial charge in [0.1, 0.15) is 0 Å². The number of aliphatic hydroxyl groups is 1. The lowest BCUT2D eigenvalue weighted by atomic mass is 9.99. The maximum Gasteiger partial charge on any atom is 0.0867 e. The smallest absolute Gasteiger partial charge is 0.0867 e. The summed E-state index contributed by atoms with van der Waals surface area (Å²) in [6.07, 6.45) is 3.72. The summed E-state index contributed by atoms with van der Waals surface area (Å²) in [5.41, 5.74) is 4.22. The van der Waals surface area contributed by atoms with E-state index < -0.39 is 6.10 Å². The van der Waals surface area contributed by atoms with Gasteiger partial charge in [-0.3, -0.25) is 0 Å². The van der Waals surface area contributed by atoms with Gasteiger partial charge < -0.3 is 5.11 Å². The van der Waals surface area contributed by atoms with Crippen LogP contribution in [0.5, 0.6) is 0 Å². The summed E-state index contributed by atoms with van der Waals surface area (Å²) in [6.45, 7) is 2.07. The lowest BCUT2D eigenvalue weighted by molar-refractivity contribution is 0.179. The summed E-state index contributed by atoms with van der Waals surface area (Å²) in [5, 5.41) is 14.7. The van der Waals surface area contributed by atoms with Gasteiger partial charge in [-0.1, -0.05) is 30.3 Å². The van der Waals surface area contributed by atoms with Crippen molar-refractivity contribution >= 4 is 5.52 Å². The molecule has 0 aliphatic carbocycles. The molecule has 0 bridgehead atoms. The number of aromatic nitrogens is 2. The number of rotatable bonds is 3. The molecule has 3 heteroatoms. The van der Waals surface area contributed by atoms with Gasteiger partial charge in [0.2, 0.25) is 0 Å². The summed E-state index contributed by atoms with van der Waals surface area (Å²) in [4.78, 5) is 0. The molecular weight excluding hydrogens is 236 g/mol. The van der Waals surface area contributed by atoms with E-state index >= 15 is 0 Å². The van der Waals surface area contributed by atoms with Crippen molar-refractivity contribution in [2.24, 2.45) is 0 Å². The van der Waals surface area contributed by atoms with Gasteiger partial charge >= 0.3 is 0 Å². The van der Waals surface area contributed by atoms with E-state index in [-0.39, 0.29) is 0 Å². The second kappa shape index (κ2) is 4.86. The van der Waals surface area contributed by atoms with E-state index in [0.717, 1.165) is 11.1 Å². The highest BCUT2D eigenvalue weighted by molar-refractivity contribution is 5.54. The summed E-state index contributed by atoms with van der Waals surface area (Å²) in [6, 6.07) is 14.0. The Bertz CT molecular complexity index is 703. The zero-order valence-electron chi connectivity index (χ0n) is 10.8. The molecular formula is C16H16N2O. The minimum atomic E-state index is -0.527. The second-order valence-electron chi connectivity index (χ2n) is 4.78. The highest BCUT2D eigenvalue weighted by atomic mass is 16.3. The van der Waals surface area contributed by atoms with Crippen LogP contribution in [0, 0.1) is 6.92 Å². The third kappa shape index (κ3) is 2.25. The van der Waals surface area contributed by atoms with Crippen LogP contribution in [-0.4, -0.2) is 14.7 Å². The highest BCUT2D eigenvalue weighted by Crippen LogP contribution is 2.23. The van der Waals surface area contributed by atoms with Crippen molar-refractivity contribution in [2.45, 2.75) is 19.4 Å². The van der Waals surface area contributed by atoms with Gasteiger partial charge in [0.25, 0.3) is 0 Å². The van der Waals surface area contributed by atoms with Gasteiger partial charge in [-0.25, -0.2) is 4.52 Å². The van der Waals surface area contributed by atoms with E-state index in [0.29, 0.717) is 6.42 Å². The number of aryl methyl sites for hydroxylation is 1. The molecule has 0 aliphatic heterocycles. The van der Waals surface area contributed by atoms with Crippen molar-refractivity contribution in [3.63, 3.8) is 0 Å². The average molecular weight is 252 g/mol. The predicted octanol–water partition coefficient (Wildman–Crippen LogP) is 2.92. The van der Waals surface area contributed by atoms with E-state index in [9.17, 15) is 5.11 Å². The molecule has 1 atom stereocenters. The zero-order chi connectivity index (χ0) is 13.2. The van der Waals surface area contributed by atoms with Gasteiger partial charge in [0.15, 0.2) is 0 Å². The monoisotopic (exact) mass is 252 g/mol. The molecule has 0 aliphatic rings. The Morgan fingerprint density at radius 1 is 1.16 bits per heavy atom. The molecule has 2 aromatic heterocycles. The number of pyridine rings is 1. The summed E-state index contributed by atoms with van der Waals surface area (Å²) < 4.78 is 1.79. The Balaban J connectivity index is 1.92. The molecule has 3 rings (SSSR count). The summed E-state index contributed by atoms with van der Waals surface area (Å²) >= 11 is 0. The first-order valence-electron chi connectivity index (χ1n) is 6.40. The maximum atomic E-state index is 10.4. The minimum Gasteiger partial charge on any atom is -0.388 e. The summed E-state index contributed by atoms with van der Waals surface area (Å²) in [5.74, 6) is 0. The van der Waals surface area contributed by atoms with Gasteiger partial charge in [0, 0.05) is 18.2 Å². The molecule has 0 saturated carbocycles. The first-order chi connectivity index (χ1) is 9.25. The molecule has 3 nitrogen and oxygen atoms in total. The first-order valence-corrected chi connectivity index (χ1v) is 6.40. The average Bonchev–Trinajstić information content (AvgIpc) is 2.85. The van der Waals surface area contributed by atoms with Crippen molar-refractivity contribution in [3.8, 4) is 0 Å². The molecule has 1 unspecified atom stereocenters. The molecule has 0 amide bonds. The van der Waals surface area contributed by atoms with E-state index in [1.54, 1.807) is 10.7 Å². The second-order valence-corrected chi connectivity index (χ2v) is 4.78. The predicted molar refractivity (Wildman–Crippen MR) is 75.0 cm³/mol. The Kier molecular flexibility index (Phi) is 3.05. The maximum absolute atomic E-state index is 10.4. The van der Waals surface area contributed by atoms with Gasteiger partial charge in [-0.15, -0.1) is 0 Å². The fourth-order valence-electron chi connectivity index (χ4n) is 2.37. The Labute approximate surface area is 112 Å². The van der Waals surface area contributed by atoms with Crippen LogP contribution < -0.4 is 0 Å². The standard InChI is InChI=1S/C16H16N2O/c1-12-6-2-3-7-13(12)10-16(19)14-11-17-18-9-5-4-8-15(14)18/h2-9,11,16,19H,10H2,1H3. The van der Waals surface area contributed by atoms with Crippen LogP contribution in [0.2, 0.25) is 0 Å². The lowest BCUT2D eigenvalue weighted by Crippen LogP contribution is -2.02. The summed E-state index contributed by atoms with van der Waals surface area (Å²) in [7, 11) is 0. The minimum absolute atomic E-state index is 0.527. The van der Waals surface area contributed by atoms with Crippen molar-refractivity contribution < 1.29 is 5.11 Å². The van der Waals surface area contributed by atoms with Crippen molar-refractivity contribution in [1.29, 1.82) is 0 Å². The number of hydrogen-bond donors (Lipinski definition) is 1. The molecule has 3 aromatic rings. The fourth-order valence-corrected chi connectivity index (χ4v) is 2.37. The van der Waals surface area contributed by atoms with Crippen LogP contribution >= 0.6 is 0 Å². The van der Waals surface area contributed by atoms with Crippen molar-refractivity contribution in [2.75, 3.05) is 0 Å². The SMILES string of the molecule is Cc1ccccc1CC(O)c1cnn2ccccc12. The highest BCUT2D eigenvalue weighted by Gasteiger charge is 2.14. The molecule has 0 spiro atoms. The number of benzene rings is 1. The van der Waals surface area contributed by atoms with Crippen molar-refractivity contribution in [3.05, 3.63) is 71.5 Å². The molecule has 2 heterocycles. The normalized spacial score (nSPS) is 12.7. The fraction of sp³-hybridized carbons (Fsp3) is 0.188. The number of fused-ring (bicyclic) bond motifs is 1. The van der Waals surface area contributed by atoms with Crippen molar-refractivity contribution in [1.82, 2.24) is 9.61 Å². The first kappa shape index (κ1) is 11.9. The Morgan fingerprint density at radius 2 is 1.95 bits per heavy atom. The van der Waals surface area contributed by atoms with Crippen LogP contribution in [0.25, 0.3) is 5.52 Å². The van der Waals surface area contributed by atoms with E-state index in [2.05, 4.69) is 24.2 Å². The van der Waals surface area contributed by atoms with Crippen LogP contribution in [0.4, 0.5) is 0 Å². The van der Waals surface area contributed by atoms with Gasteiger partial charge in [-0.2, -0.15) is 5.10 Å². The quantitative estimate of drug-likeness (QED) is 0.778. The molecule has 0 saturated heterocycles. The van der Waals surface area contributed by atoms with Crippen LogP contribution in [0.1, 0.15) is 22.8 Å². The number of aliphatic hydroxyl groups excluding tert-OH is 1. The molecule has 1 aromatic carbocycles.